The van der Waals surface area contributed by atoms with E-state index in [0.29, 0.717) is 28.3 Å². The lowest BCUT2D eigenvalue weighted by molar-refractivity contribution is 0.217. The summed E-state index contributed by atoms with van der Waals surface area (Å²) in [6, 6.07) is 10.5. The number of nitrogens with two attached hydrogens (primary N) is 1. The smallest absolute Gasteiger partial charge is 0.317 e. The number of anilines is 2. The van der Waals surface area contributed by atoms with Gasteiger partial charge < -0.3 is 20.7 Å². The van der Waals surface area contributed by atoms with Crippen LogP contribution in [0.25, 0.3) is 22.0 Å². The van der Waals surface area contributed by atoms with Gasteiger partial charge in [-0.25, -0.2) is 32.0 Å². The second-order valence-electron chi connectivity index (χ2n) is 8.45. The Bertz CT molecular complexity index is 1650. The molecule has 0 atom stereocenters. The molecule has 2 amide bonds. The number of halogens is 2. The molecule has 2 aromatic carbocycles. The zero-order chi connectivity index (χ0) is 27.6. The Balaban J connectivity index is 1.69. The highest BCUT2D eigenvalue weighted by molar-refractivity contribution is 7.92. The summed E-state index contributed by atoms with van der Waals surface area (Å²) in [6.45, 7) is 0.173. The third-order valence-electron chi connectivity index (χ3n) is 5.57. The SMILES string of the molecule is COc1ncc(-c2ccc3nc(N)c(CNC(=O)N(C)C)cc3c2)cc1NS(=O)(=O)c1ccc(F)cc1F. The second kappa shape index (κ2) is 10.5. The van der Waals surface area contributed by atoms with Gasteiger partial charge in [0, 0.05) is 49.4 Å². The van der Waals surface area contributed by atoms with Gasteiger partial charge in [-0.05, 0) is 42.0 Å². The Labute approximate surface area is 217 Å². The molecule has 0 saturated carbocycles. The zero-order valence-corrected chi connectivity index (χ0v) is 21.4. The fraction of sp³-hybridized carbons (Fsp3) is 0.160. The van der Waals surface area contributed by atoms with Crippen LogP contribution in [0.2, 0.25) is 0 Å². The van der Waals surface area contributed by atoms with Crippen LogP contribution in [-0.2, 0) is 16.6 Å². The molecule has 2 heterocycles. The molecule has 38 heavy (non-hydrogen) atoms. The summed E-state index contributed by atoms with van der Waals surface area (Å²) in [6.07, 6.45) is 1.49. The average Bonchev–Trinajstić information content (AvgIpc) is 2.86. The number of aromatic nitrogens is 2. The fourth-order valence-electron chi connectivity index (χ4n) is 3.62. The number of carbonyl (C=O) groups excluding carboxylic acids is 1. The van der Waals surface area contributed by atoms with Gasteiger partial charge in [0.15, 0.2) is 0 Å². The molecule has 0 fully saturated rings. The molecule has 0 aliphatic heterocycles. The quantitative estimate of drug-likeness (QED) is 0.323. The minimum absolute atomic E-state index is 0.0451. The number of rotatable bonds is 7. The molecule has 0 aliphatic rings. The first-order chi connectivity index (χ1) is 18.0. The lowest BCUT2D eigenvalue weighted by atomic mass is 10.0. The predicted octanol–water partition coefficient (Wildman–Crippen LogP) is 3.74. The number of amides is 2. The Morgan fingerprint density at radius 1 is 1.08 bits per heavy atom. The molecule has 4 rings (SSSR count). The van der Waals surface area contributed by atoms with E-state index in [1.54, 1.807) is 38.4 Å². The largest absolute Gasteiger partial charge is 0.480 e. The van der Waals surface area contributed by atoms with Crippen LogP contribution < -0.4 is 20.5 Å². The van der Waals surface area contributed by atoms with Gasteiger partial charge in [-0.1, -0.05) is 6.07 Å². The third-order valence-corrected chi connectivity index (χ3v) is 6.97. The molecule has 4 aromatic rings. The molecular formula is C25H24F2N6O4S. The molecule has 10 nitrogen and oxygen atoms in total. The predicted molar refractivity (Wildman–Crippen MR) is 139 cm³/mol. The van der Waals surface area contributed by atoms with Gasteiger partial charge in [0.05, 0.1) is 12.6 Å². The molecule has 0 unspecified atom stereocenters. The van der Waals surface area contributed by atoms with Crippen LogP contribution in [0.1, 0.15) is 5.56 Å². The van der Waals surface area contributed by atoms with E-state index in [1.807, 2.05) is 0 Å². The molecular weight excluding hydrogens is 518 g/mol. The highest BCUT2D eigenvalue weighted by Gasteiger charge is 2.22. The van der Waals surface area contributed by atoms with E-state index in [9.17, 15) is 22.0 Å². The molecule has 0 saturated heterocycles. The minimum atomic E-state index is -4.43. The Morgan fingerprint density at radius 2 is 1.84 bits per heavy atom. The molecule has 2 aromatic heterocycles. The number of methoxy groups -OCH3 is 1. The maximum atomic E-state index is 14.2. The standard InChI is InChI=1S/C25H24F2N6O4S/c1-33(2)25(34)30-13-17-9-15-8-14(4-6-20(15)31-23(17)28)16-10-21(24(37-3)29-12-16)32-38(35,36)22-7-5-18(26)11-19(22)27/h4-12,32H,13H2,1-3H3,(H2,28,31)(H,30,34). The lowest BCUT2D eigenvalue weighted by Gasteiger charge is -2.14. The summed E-state index contributed by atoms with van der Waals surface area (Å²) in [5.41, 5.74) is 8.43. The summed E-state index contributed by atoms with van der Waals surface area (Å²) in [5.74, 6) is -1.91. The van der Waals surface area contributed by atoms with Crippen molar-refractivity contribution in [3.8, 4) is 17.0 Å². The number of pyridine rings is 2. The van der Waals surface area contributed by atoms with Gasteiger partial charge in [-0.15, -0.1) is 0 Å². The monoisotopic (exact) mass is 542 g/mol. The first-order valence-electron chi connectivity index (χ1n) is 11.1. The summed E-state index contributed by atoms with van der Waals surface area (Å²) >= 11 is 0. The molecule has 0 radical (unpaired) electrons. The number of nitrogen functional groups attached to an aromatic ring is 1. The van der Waals surface area contributed by atoms with Crippen LogP contribution in [0.4, 0.5) is 25.1 Å². The number of carbonyl (C=O) groups is 1. The van der Waals surface area contributed by atoms with Crippen LogP contribution in [-0.4, -0.2) is 50.5 Å². The van der Waals surface area contributed by atoms with Gasteiger partial charge in [-0.2, -0.15) is 0 Å². The molecule has 4 N–H and O–H groups in total. The van der Waals surface area contributed by atoms with E-state index in [2.05, 4.69) is 20.0 Å². The number of fused-ring (bicyclic) bond motifs is 1. The van der Waals surface area contributed by atoms with Crippen LogP contribution >= 0.6 is 0 Å². The molecule has 0 aliphatic carbocycles. The van der Waals surface area contributed by atoms with Gasteiger partial charge in [0.2, 0.25) is 5.88 Å². The molecule has 0 bridgehead atoms. The third kappa shape index (κ3) is 5.57. The topological polar surface area (TPSA) is 140 Å². The van der Waals surface area contributed by atoms with Gasteiger partial charge >= 0.3 is 6.03 Å². The van der Waals surface area contributed by atoms with Crippen molar-refractivity contribution in [3.05, 3.63) is 71.9 Å². The number of nitrogens with zero attached hydrogens (tertiary/aromatic N) is 3. The zero-order valence-electron chi connectivity index (χ0n) is 20.6. The average molecular weight is 543 g/mol. The van der Waals surface area contributed by atoms with E-state index in [1.165, 1.54) is 24.3 Å². The number of nitrogens with one attached hydrogen (secondary N) is 2. The van der Waals surface area contributed by atoms with E-state index < -0.39 is 26.6 Å². The number of hydrogen-bond acceptors (Lipinski definition) is 7. The molecule has 13 heteroatoms. The van der Waals surface area contributed by atoms with Gasteiger partial charge in [-0.3, -0.25) is 4.72 Å². The van der Waals surface area contributed by atoms with Crippen LogP contribution in [0.5, 0.6) is 5.88 Å². The second-order valence-corrected chi connectivity index (χ2v) is 10.1. The van der Waals surface area contributed by atoms with Crippen molar-refractivity contribution in [2.45, 2.75) is 11.4 Å². The van der Waals surface area contributed by atoms with Crippen LogP contribution in [0.15, 0.2) is 59.6 Å². The number of urea groups is 1. The van der Waals surface area contributed by atoms with Gasteiger partial charge in [0.25, 0.3) is 10.0 Å². The van der Waals surface area contributed by atoms with Crippen molar-refractivity contribution in [1.82, 2.24) is 20.2 Å². The maximum absolute atomic E-state index is 14.2. The molecule has 0 spiro atoms. The first kappa shape index (κ1) is 26.5. The Kier molecular flexibility index (Phi) is 7.30. The van der Waals surface area contributed by atoms with Crippen molar-refractivity contribution >= 4 is 38.5 Å². The molecule has 198 valence electrons. The van der Waals surface area contributed by atoms with Crippen molar-refractivity contribution in [1.29, 1.82) is 0 Å². The number of benzene rings is 2. The van der Waals surface area contributed by atoms with Crippen LogP contribution in [0, 0.1) is 11.6 Å². The van der Waals surface area contributed by atoms with Crippen molar-refractivity contribution in [3.63, 3.8) is 0 Å². The first-order valence-corrected chi connectivity index (χ1v) is 12.6. The fourth-order valence-corrected chi connectivity index (χ4v) is 4.73. The number of hydrogen-bond donors (Lipinski definition) is 3. The van der Waals surface area contributed by atoms with E-state index in [-0.39, 0.29) is 30.0 Å². The van der Waals surface area contributed by atoms with E-state index in [4.69, 9.17) is 10.5 Å². The Morgan fingerprint density at radius 3 is 2.53 bits per heavy atom. The van der Waals surface area contributed by atoms with Crippen molar-refractivity contribution in [2.24, 2.45) is 0 Å². The van der Waals surface area contributed by atoms with Crippen LogP contribution in [0.3, 0.4) is 0 Å². The lowest BCUT2D eigenvalue weighted by Crippen LogP contribution is -2.34. The Hall–Kier alpha value is -4.52. The number of sulfonamides is 1. The highest BCUT2D eigenvalue weighted by atomic mass is 32.2. The minimum Gasteiger partial charge on any atom is -0.480 e. The maximum Gasteiger partial charge on any atom is 0.317 e. The van der Waals surface area contributed by atoms with E-state index >= 15 is 0 Å². The van der Waals surface area contributed by atoms with Gasteiger partial charge in [0.1, 0.15) is 28.0 Å². The summed E-state index contributed by atoms with van der Waals surface area (Å²) in [5, 5.41) is 3.46. The normalized spacial score (nSPS) is 11.3. The number of ether oxygens (including phenoxy) is 1. The summed E-state index contributed by atoms with van der Waals surface area (Å²) in [4.78, 5) is 21.1. The summed E-state index contributed by atoms with van der Waals surface area (Å²) < 4.78 is 60.6. The highest BCUT2D eigenvalue weighted by Crippen LogP contribution is 2.32. The van der Waals surface area contributed by atoms with Crippen molar-refractivity contribution in [2.75, 3.05) is 31.7 Å². The van der Waals surface area contributed by atoms with Crippen molar-refractivity contribution < 1.29 is 26.7 Å². The summed E-state index contributed by atoms with van der Waals surface area (Å²) in [7, 11) is 0.120. The van der Waals surface area contributed by atoms with E-state index in [0.717, 1.165) is 17.5 Å².